The molecule has 0 aromatic carbocycles. The quantitative estimate of drug-likeness (QED) is 0.865. The first kappa shape index (κ1) is 17.0. The van der Waals surface area contributed by atoms with Crippen molar-refractivity contribution in [3.05, 3.63) is 28.2 Å². The summed E-state index contributed by atoms with van der Waals surface area (Å²) < 4.78 is 1.82. The van der Waals surface area contributed by atoms with E-state index in [4.69, 9.17) is 0 Å². The Hall–Kier alpha value is -1.00. The van der Waals surface area contributed by atoms with Crippen molar-refractivity contribution < 1.29 is 10.2 Å². The van der Waals surface area contributed by atoms with Gasteiger partial charge in [-0.3, -0.25) is 4.79 Å². The van der Waals surface area contributed by atoms with Crippen LogP contribution >= 0.6 is 12.4 Å². The fourth-order valence-electron chi connectivity index (χ4n) is 2.06. The largest absolute Gasteiger partial charge is 0.503 e. The third-order valence-corrected chi connectivity index (χ3v) is 3.38. The molecule has 1 rings (SSSR count). The van der Waals surface area contributed by atoms with Gasteiger partial charge < -0.3 is 14.8 Å². The van der Waals surface area contributed by atoms with E-state index in [0.717, 1.165) is 6.42 Å². The van der Waals surface area contributed by atoms with Crippen LogP contribution in [0.2, 0.25) is 0 Å². The first-order valence-electron chi connectivity index (χ1n) is 6.10. The van der Waals surface area contributed by atoms with Gasteiger partial charge in [-0.2, -0.15) is 0 Å². The average molecular weight is 276 g/mol. The van der Waals surface area contributed by atoms with E-state index in [9.17, 15) is 15.0 Å². The zero-order valence-corrected chi connectivity index (χ0v) is 11.9. The molecule has 0 aliphatic rings. The number of pyridine rings is 1. The lowest BCUT2D eigenvalue weighted by Gasteiger charge is -2.27. The van der Waals surface area contributed by atoms with Gasteiger partial charge in [0.15, 0.2) is 5.75 Å². The molecule has 1 aromatic rings. The number of aliphatic hydroxyl groups excluding tert-OH is 1. The zero-order chi connectivity index (χ0) is 13.0. The van der Waals surface area contributed by atoms with Crippen molar-refractivity contribution in [2.45, 2.75) is 39.7 Å². The maximum atomic E-state index is 11.4. The number of aromatic hydroxyl groups is 1. The zero-order valence-electron chi connectivity index (χ0n) is 11.1. The van der Waals surface area contributed by atoms with Gasteiger partial charge in [-0.05, 0) is 12.3 Å². The summed E-state index contributed by atoms with van der Waals surface area (Å²) in [5.41, 5.74) is 0.232. The predicted octanol–water partition coefficient (Wildman–Crippen LogP) is 2.12. The molecule has 5 heteroatoms. The van der Waals surface area contributed by atoms with Crippen LogP contribution in [0.15, 0.2) is 17.1 Å². The summed E-state index contributed by atoms with van der Waals surface area (Å²) >= 11 is 0. The van der Waals surface area contributed by atoms with Crippen LogP contribution in [0.25, 0.3) is 0 Å². The first-order chi connectivity index (χ1) is 8.06. The number of hydrogen-bond donors (Lipinski definition) is 2. The molecule has 18 heavy (non-hydrogen) atoms. The van der Waals surface area contributed by atoms with E-state index in [0.29, 0.717) is 12.1 Å². The second-order valence-corrected chi connectivity index (χ2v) is 4.37. The highest BCUT2D eigenvalue weighted by Crippen LogP contribution is 2.24. The van der Waals surface area contributed by atoms with E-state index < -0.39 is 0 Å². The summed E-state index contributed by atoms with van der Waals surface area (Å²) in [4.78, 5) is 11.4. The molecule has 2 N–H and O–H groups in total. The number of aliphatic hydroxyl groups is 1. The smallest absolute Gasteiger partial charge is 0.223 e. The van der Waals surface area contributed by atoms with Crippen molar-refractivity contribution >= 4 is 12.4 Å². The van der Waals surface area contributed by atoms with E-state index in [1.165, 1.54) is 6.07 Å². The van der Waals surface area contributed by atoms with E-state index in [-0.39, 0.29) is 42.2 Å². The molecule has 1 unspecified atom stereocenters. The Morgan fingerprint density at radius 1 is 1.39 bits per heavy atom. The summed E-state index contributed by atoms with van der Waals surface area (Å²) in [6.45, 7) is 6.00. The number of aromatic nitrogens is 1. The van der Waals surface area contributed by atoms with E-state index in [1.54, 1.807) is 6.20 Å². The van der Waals surface area contributed by atoms with Gasteiger partial charge in [-0.25, -0.2) is 0 Å². The lowest BCUT2D eigenvalue weighted by Crippen LogP contribution is -2.24. The van der Waals surface area contributed by atoms with Gasteiger partial charge in [0.2, 0.25) is 5.43 Å². The lowest BCUT2D eigenvalue weighted by molar-refractivity contribution is 0.179. The molecule has 0 aliphatic carbocycles. The van der Waals surface area contributed by atoms with Gasteiger partial charge >= 0.3 is 0 Å². The molecule has 4 nitrogen and oxygen atoms in total. The normalized spacial score (nSPS) is 13.8. The van der Waals surface area contributed by atoms with Crippen molar-refractivity contribution in [2.24, 2.45) is 5.92 Å². The summed E-state index contributed by atoms with van der Waals surface area (Å²) in [6, 6.07) is 1.25. The topological polar surface area (TPSA) is 62.5 Å². The standard InChI is InChI=1S/C13H21NO3.ClH/c1-4-9(3)11(8-15)14-7-6-12(16)13(17)10(14)5-2;/h6-7,9,11,15,17H,4-5,8H2,1-3H3;1H/t9?,11-;/m1./s1. The number of halogens is 1. The molecule has 0 aliphatic heterocycles. The Kier molecular flexibility index (Phi) is 7.02. The Labute approximate surface area is 114 Å². The summed E-state index contributed by atoms with van der Waals surface area (Å²) in [5.74, 6) is 0.0870. The van der Waals surface area contributed by atoms with Crippen LogP contribution in [0.5, 0.6) is 5.75 Å². The van der Waals surface area contributed by atoms with Gasteiger partial charge in [0, 0.05) is 12.3 Å². The van der Waals surface area contributed by atoms with Crippen molar-refractivity contribution in [3.63, 3.8) is 0 Å². The fourth-order valence-corrected chi connectivity index (χ4v) is 2.06. The molecule has 0 saturated carbocycles. The molecule has 0 amide bonds. The minimum Gasteiger partial charge on any atom is -0.503 e. The molecule has 0 spiro atoms. The Morgan fingerprint density at radius 2 is 2.00 bits per heavy atom. The molecular formula is C13H22ClNO3. The Balaban J connectivity index is 0.00000289. The number of nitrogens with zero attached hydrogens (tertiary/aromatic N) is 1. The summed E-state index contributed by atoms with van der Waals surface area (Å²) in [7, 11) is 0. The highest BCUT2D eigenvalue weighted by Gasteiger charge is 2.20. The van der Waals surface area contributed by atoms with Gasteiger partial charge in [-0.1, -0.05) is 27.2 Å². The van der Waals surface area contributed by atoms with Crippen molar-refractivity contribution in [2.75, 3.05) is 6.61 Å². The van der Waals surface area contributed by atoms with Gasteiger partial charge in [-0.15, -0.1) is 12.4 Å². The second-order valence-electron chi connectivity index (χ2n) is 4.37. The van der Waals surface area contributed by atoms with Gasteiger partial charge in [0.1, 0.15) is 0 Å². The van der Waals surface area contributed by atoms with Crippen LogP contribution in [-0.4, -0.2) is 21.4 Å². The Bertz CT molecular complexity index is 431. The third kappa shape index (κ3) is 3.27. The SMILES string of the molecule is CCc1c(O)c(=O)ccn1[C@H](CO)C(C)CC.Cl. The molecular weight excluding hydrogens is 254 g/mol. The van der Waals surface area contributed by atoms with E-state index in [1.807, 2.05) is 11.5 Å². The predicted molar refractivity (Wildman–Crippen MR) is 74.6 cm³/mol. The van der Waals surface area contributed by atoms with Crippen LogP contribution in [0.1, 0.15) is 38.9 Å². The average Bonchev–Trinajstić information content (AvgIpc) is 2.34. The molecule has 0 radical (unpaired) electrons. The van der Waals surface area contributed by atoms with Crippen LogP contribution < -0.4 is 5.43 Å². The molecule has 2 atom stereocenters. The van der Waals surface area contributed by atoms with Crippen LogP contribution in [0, 0.1) is 5.92 Å². The molecule has 1 aromatic heterocycles. The van der Waals surface area contributed by atoms with Crippen molar-refractivity contribution in [1.82, 2.24) is 4.57 Å². The highest BCUT2D eigenvalue weighted by atomic mass is 35.5. The van der Waals surface area contributed by atoms with E-state index >= 15 is 0 Å². The highest BCUT2D eigenvalue weighted by molar-refractivity contribution is 5.85. The molecule has 1 heterocycles. The van der Waals surface area contributed by atoms with Crippen LogP contribution in [-0.2, 0) is 6.42 Å². The summed E-state index contributed by atoms with van der Waals surface area (Å²) in [6.07, 6.45) is 3.16. The first-order valence-corrected chi connectivity index (χ1v) is 6.10. The minimum absolute atomic E-state index is 0. The monoisotopic (exact) mass is 275 g/mol. The maximum Gasteiger partial charge on any atom is 0.223 e. The molecule has 0 saturated heterocycles. The summed E-state index contributed by atoms with van der Waals surface area (Å²) in [5, 5.41) is 19.2. The number of rotatable bonds is 5. The van der Waals surface area contributed by atoms with Gasteiger partial charge in [0.25, 0.3) is 0 Å². The lowest BCUT2D eigenvalue weighted by atomic mass is 9.98. The Morgan fingerprint density at radius 3 is 2.44 bits per heavy atom. The second kappa shape index (κ2) is 7.44. The van der Waals surface area contributed by atoms with Crippen molar-refractivity contribution in [3.8, 4) is 5.75 Å². The molecule has 0 bridgehead atoms. The van der Waals surface area contributed by atoms with Gasteiger partial charge in [0.05, 0.1) is 18.3 Å². The number of hydrogen-bond acceptors (Lipinski definition) is 3. The van der Waals surface area contributed by atoms with Crippen LogP contribution in [0.4, 0.5) is 0 Å². The minimum atomic E-state index is -0.362. The van der Waals surface area contributed by atoms with Crippen LogP contribution in [0.3, 0.4) is 0 Å². The van der Waals surface area contributed by atoms with E-state index in [2.05, 4.69) is 13.8 Å². The maximum absolute atomic E-state index is 11.4. The molecule has 104 valence electrons. The molecule has 0 fully saturated rings. The fraction of sp³-hybridized carbons (Fsp3) is 0.615. The van der Waals surface area contributed by atoms with Crippen molar-refractivity contribution in [1.29, 1.82) is 0 Å². The third-order valence-electron chi connectivity index (χ3n) is 3.38.